The molecule has 2 fully saturated rings. The normalized spacial score (nSPS) is 29.5. The first-order valence-electron chi connectivity index (χ1n) is 8.60. The minimum atomic E-state index is -0.703. The summed E-state index contributed by atoms with van der Waals surface area (Å²) in [7, 11) is 0. The molecule has 0 atom stereocenters. The number of nitrogens with zero attached hydrogens (tertiary/aromatic N) is 2. The highest BCUT2D eigenvalue weighted by atomic mass is 16.4. The van der Waals surface area contributed by atoms with Crippen LogP contribution in [0.5, 0.6) is 0 Å². The van der Waals surface area contributed by atoms with Gasteiger partial charge >= 0.3 is 5.97 Å². The molecule has 0 aromatic rings. The maximum absolute atomic E-state index is 10.8. The molecule has 0 spiro atoms. The molecule has 1 saturated heterocycles. The quantitative estimate of drug-likeness (QED) is 0.847. The first-order valence-corrected chi connectivity index (χ1v) is 8.60. The van der Waals surface area contributed by atoms with Crippen molar-refractivity contribution >= 4 is 5.97 Å². The Kier molecular flexibility index (Phi) is 5.67. The first kappa shape index (κ1) is 16.8. The number of piperazine rings is 1. The Morgan fingerprint density at radius 2 is 1.67 bits per heavy atom. The molecule has 0 aromatic carbocycles. The van der Waals surface area contributed by atoms with Gasteiger partial charge in [-0.25, -0.2) is 0 Å². The Morgan fingerprint density at radius 3 is 2.14 bits per heavy atom. The van der Waals surface area contributed by atoms with Crippen LogP contribution in [0.15, 0.2) is 0 Å². The molecule has 0 amide bonds. The Balaban J connectivity index is 1.75. The molecule has 2 aliphatic rings. The maximum Gasteiger partial charge on any atom is 0.317 e. The van der Waals surface area contributed by atoms with Crippen molar-refractivity contribution in [3.63, 3.8) is 0 Å². The van der Waals surface area contributed by atoms with E-state index in [1.54, 1.807) is 0 Å². The average molecular weight is 296 g/mol. The summed E-state index contributed by atoms with van der Waals surface area (Å²) in [5, 5.41) is 8.85. The van der Waals surface area contributed by atoms with Crippen molar-refractivity contribution in [3.05, 3.63) is 0 Å². The number of aliphatic carboxylic acids is 1. The highest BCUT2D eigenvalue weighted by Gasteiger charge is 2.34. The van der Waals surface area contributed by atoms with Crippen molar-refractivity contribution in [1.29, 1.82) is 0 Å². The molecule has 0 unspecified atom stereocenters. The second-order valence-corrected chi connectivity index (χ2v) is 7.55. The number of carboxylic acids is 1. The highest BCUT2D eigenvalue weighted by molar-refractivity contribution is 5.69. The van der Waals surface area contributed by atoms with E-state index >= 15 is 0 Å². The SMILES string of the molecule is CCC(C)(C)C1CCC(N2CCN(CC(=O)O)CC2)CC1. The molecule has 2 rings (SSSR count). The zero-order chi connectivity index (χ0) is 15.5. The molecule has 1 aliphatic heterocycles. The minimum Gasteiger partial charge on any atom is -0.480 e. The largest absolute Gasteiger partial charge is 0.480 e. The van der Waals surface area contributed by atoms with Gasteiger partial charge in [0.15, 0.2) is 0 Å². The monoisotopic (exact) mass is 296 g/mol. The summed E-state index contributed by atoms with van der Waals surface area (Å²) < 4.78 is 0. The smallest absolute Gasteiger partial charge is 0.317 e. The Bertz CT molecular complexity index is 341. The van der Waals surface area contributed by atoms with Gasteiger partial charge in [0.05, 0.1) is 6.54 Å². The third-order valence-corrected chi connectivity index (χ3v) is 6.00. The molecule has 1 aliphatic carbocycles. The van der Waals surface area contributed by atoms with Gasteiger partial charge in [-0.05, 0) is 37.0 Å². The van der Waals surface area contributed by atoms with Gasteiger partial charge in [0.1, 0.15) is 0 Å². The molecule has 1 N–H and O–H groups in total. The molecule has 122 valence electrons. The number of carbonyl (C=O) groups is 1. The zero-order valence-electron chi connectivity index (χ0n) is 14.0. The number of rotatable bonds is 5. The summed E-state index contributed by atoms with van der Waals surface area (Å²) in [5.74, 6) is 0.179. The van der Waals surface area contributed by atoms with Crippen LogP contribution in [-0.2, 0) is 4.79 Å². The molecular weight excluding hydrogens is 264 g/mol. The predicted molar refractivity (Wildman–Crippen MR) is 85.5 cm³/mol. The Morgan fingerprint density at radius 1 is 1.10 bits per heavy atom. The van der Waals surface area contributed by atoms with E-state index in [-0.39, 0.29) is 6.54 Å². The third-order valence-electron chi connectivity index (χ3n) is 6.00. The maximum atomic E-state index is 10.8. The van der Waals surface area contributed by atoms with E-state index in [4.69, 9.17) is 5.11 Å². The van der Waals surface area contributed by atoms with E-state index < -0.39 is 5.97 Å². The van der Waals surface area contributed by atoms with Gasteiger partial charge in [-0.15, -0.1) is 0 Å². The first-order chi connectivity index (χ1) is 9.92. The van der Waals surface area contributed by atoms with Crippen LogP contribution in [0.4, 0.5) is 0 Å². The molecular formula is C17H32N2O2. The average Bonchev–Trinajstić information content (AvgIpc) is 2.47. The van der Waals surface area contributed by atoms with Gasteiger partial charge in [0, 0.05) is 32.2 Å². The van der Waals surface area contributed by atoms with Gasteiger partial charge in [0.25, 0.3) is 0 Å². The lowest BCUT2D eigenvalue weighted by Crippen LogP contribution is -2.52. The van der Waals surface area contributed by atoms with Crippen LogP contribution in [-0.4, -0.2) is 59.6 Å². The molecule has 4 nitrogen and oxygen atoms in total. The fraction of sp³-hybridized carbons (Fsp3) is 0.941. The lowest BCUT2D eigenvalue weighted by Gasteiger charge is -2.44. The topological polar surface area (TPSA) is 43.8 Å². The molecule has 0 radical (unpaired) electrons. The third kappa shape index (κ3) is 4.43. The van der Waals surface area contributed by atoms with Crippen molar-refractivity contribution in [2.75, 3.05) is 32.7 Å². The van der Waals surface area contributed by atoms with Crippen LogP contribution in [0.2, 0.25) is 0 Å². The van der Waals surface area contributed by atoms with Crippen molar-refractivity contribution < 1.29 is 9.90 Å². The summed E-state index contributed by atoms with van der Waals surface area (Å²) in [6, 6.07) is 0.737. The van der Waals surface area contributed by atoms with Crippen LogP contribution in [0.3, 0.4) is 0 Å². The molecule has 21 heavy (non-hydrogen) atoms. The van der Waals surface area contributed by atoms with Gasteiger partial charge in [0.2, 0.25) is 0 Å². The predicted octanol–water partition coefficient (Wildman–Crippen LogP) is 2.68. The fourth-order valence-corrected chi connectivity index (χ4v) is 3.99. The van der Waals surface area contributed by atoms with Crippen molar-refractivity contribution in [2.45, 2.75) is 58.9 Å². The van der Waals surface area contributed by atoms with Crippen molar-refractivity contribution in [2.24, 2.45) is 11.3 Å². The molecule has 1 saturated carbocycles. The minimum absolute atomic E-state index is 0.200. The van der Waals surface area contributed by atoms with Crippen LogP contribution >= 0.6 is 0 Å². The summed E-state index contributed by atoms with van der Waals surface area (Å²) in [6.45, 7) is 11.3. The Labute approximate surface area is 129 Å². The Hall–Kier alpha value is -0.610. The van der Waals surface area contributed by atoms with E-state index in [1.165, 1.54) is 32.1 Å². The summed E-state index contributed by atoms with van der Waals surface area (Å²) in [5.41, 5.74) is 0.491. The summed E-state index contributed by atoms with van der Waals surface area (Å²) in [4.78, 5) is 15.4. The van der Waals surface area contributed by atoms with Gasteiger partial charge in [-0.1, -0.05) is 27.2 Å². The molecule has 0 aromatic heterocycles. The second kappa shape index (κ2) is 7.10. The molecule has 1 heterocycles. The van der Waals surface area contributed by atoms with E-state index in [2.05, 4.69) is 30.6 Å². The number of carboxylic acid groups (broad SMARTS) is 1. The highest BCUT2D eigenvalue weighted by Crippen LogP contribution is 2.41. The fourth-order valence-electron chi connectivity index (χ4n) is 3.99. The number of hydrogen-bond acceptors (Lipinski definition) is 3. The lowest BCUT2D eigenvalue weighted by molar-refractivity contribution is -0.138. The van der Waals surface area contributed by atoms with Gasteiger partial charge in [-0.3, -0.25) is 14.6 Å². The van der Waals surface area contributed by atoms with E-state index in [0.717, 1.165) is 38.1 Å². The van der Waals surface area contributed by atoms with E-state index in [0.29, 0.717) is 5.41 Å². The van der Waals surface area contributed by atoms with Crippen LogP contribution < -0.4 is 0 Å². The summed E-state index contributed by atoms with van der Waals surface area (Å²) >= 11 is 0. The number of hydrogen-bond donors (Lipinski definition) is 1. The summed E-state index contributed by atoms with van der Waals surface area (Å²) in [6.07, 6.45) is 6.65. The van der Waals surface area contributed by atoms with Crippen molar-refractivity contribution in [3.8, 4) is 0 Å². The van der Waals surface area contributed by atoms with Gasteiger partial charge < -0.3 is 5.11 Å². The molecule has 0 bridgehead atoms. The standard InChI is InChI=1S/C17H32N2O2/c1-4-17(2,3)14-5-7-15(8-6-14)19-11-9-18(10-12-19)13-16(20)21/h14-15H,4-13H2,1-3H3,(H,20,21). The van der Waals surface area contributed by atoms with Crippen LogP contribution in [0.1, 0.15) is 52.9 Å². The van der Waals surface area contributed by atoms with Crippen LogP contribution in [0, 0.1) is 11.3 Å². The molecule has 4 heteroatoms. The van der Waals surface area contributed by atoms with Gasteiger partial charge in [-0.2, -0.15) is 0 Å². The second-order valence-electron chi connectivity index (χ2n) is 7.55. The van der Waals surface area contributed by atoms with Crippen molar-refractivity contribution in [1.82, 2.24) is 9.80 Å². The zero-order valence-corrected chi connectivity index (χ0v) is 14.0. The van der Waals surface area contributed by atoms with Crippen LogP contribution in [0.25, 0.3) is 0 Å². The van der Waals surface area contributed by atoms with E-state index in [1.807, 2.05) is 0 Å². The lowest BCUT2D eigenvalue weighted by atomic mass is 9.68. The van der Waals surface area contributed by atoms with E-state index in [9.17, 15) is 4.79 Å².